The van der Waals surface area contributed by atoms with E-state index in [9.17, 15) is 96.6 Å². The van der Waals surface area contributed by atoms with Crippen LogP contribution in [-0.4, -0.2) is 48.9 Å². The van der Waals surface area contributed by atoms with Crippen molar-refractivity contribution in [3.05, 3.63) is 0 Å². The third-order valence-corrected chi connectivity index (χ3v) is 5.01. The topological polar surface area (TPSA) is 0 Å². The number of hydrogen-bond donors (Lipinski definition) is 0. The molecule has 0 bridgehead atoms. The van der Waals surface area contributed by atoms with Gasteiger partial charge in [-0.1, -0.05) is 0 Å². The minimum atomic E-state index is -10.0. The second-order valence-corrected chi connectivity index (χ2v) is 6.39. The summed E-state index contributed by atoms with van der Waals surface area (Å²) in [7, 11) is 0. The highest BCUT2D eigenvalue weighted by Gasteiger charge is 3.19. The first-order valence-electron chi connectivity index (χ1n) is 6.91. The third-order valence-electron chi connectivity index (χ3n) is 5.01. The number of hydrogen-bond acceptors (Lipinski definition) is 0. The summed E-state index contributed by atoms with van der Waals surface area (Å²) in [4.78, 5) is 0. The van der Waals surface area contributed by atoms with E-state index in [0.29, 0.717) is 0 Å². The molecule has 1 aliphatic rings. The third kappa shape index (κ3) is 2.60. The molecule has 0 aromatic heterocycles. The minimum Gasteiger partial charge on any atom is -0.198 e. The quantitative estimate of drug-likeness (QED) is 0.273. The monoisotopic (exact) mass is 550 g/mol. The summed E-state index contributed by atoms with van der Waals surface area (Å²) in [5, 5.41) is 0. The molecule has 1 rings (SSSR count). The van der Waals surface area contributed by atoms with Crippen molar-refractivity contribution in [2.45, 2.75) is 48.9 Å². The van der Waals surface area contributed by atoms with Gasteiger partial charge in [-0.2, -0.15) is 96.6 Å². The molecule has 1 aliphatic carbocycles. The van der Waals surface area contributed by atoms with E-state index in [4.69, 9.17) is 0 Å². The number of halogens is 22. The normalized spacial score (nSPS) is 25.3. The first-order chi connectivity index (χ1) is 13.8. The van der Waals surface area contributed by atoms with Crippen LogP contribution in [0.4, 0.5) is 96.6 Å². The highest BCUT2D eigenvalue weighted by atomic mass is 19.4. The van der Waals surface area contributed by atoms with Gasteiger partial charge in [-0.15, -0.1) is 0 Å². The molecule has 1 saturated carbocycles. The fourth-order valence-electron chi connectivity index (χ4n) is 4.12. The SMILES string of the molecule is FC(F)(F)C1(C(F)(F)F)C(F)(F)C(F)(F)C(C(F)(F)F)(C(F)(F)F)C1(C(F)(F)F)C(F)(F)F. The molecule has 0 aromatic carbocycles. The van der Waals surface area contributed by atoms with Crippen LogP contribution in [0.2, 0.25) is 0 Å². The van der Waals surface area contributed by atoms with E-state index in [2.05, 4.69) is 0 Å². The lowest BCUT2D eigenvalue weighted by molar-refractivity contribution is -0.536. The summed E-state index contributed by atoms with van der Waals surface area (Å²) in [6.45, 7) is 0. The summed E-state index contributed by atoms with van der Waals surface area (Å²) >= 11 is 0. The van der Waals surface area contributed by atoms with Crippen molar-refractivity contribution in [1.82, 2.24) is 0 Å². The Bertz CT molecular complexity index is 663. The van der Waals surface area contributed by atoms with E-state index in [0.717, 1.165) is 0 Å². The Balaban J connectivity index is 5.15. The Morgan fingerprint density at radius 2 is 0.364 bits per heavy atom. The largest absolute Gasteiger partial charge is 0.410 e. The molecule has 0 saturated heterocycles. The Hall–Kier alpha value is -1.54. The molecule has 33 heavy (non-hydrogen) atoms. The molecule has 0 nitrogen and oxygen atoms in total. The van der Waals surface area contributed by atoms with Crippen LogP contribution < -0.4 is 0 Å². The van der Waals surface area contributed by atoms with E-state index in [1.165, 1.54) is 0 Å². The van der Waals surface area contributed by atoms with Crippen LogP contribution in [0, 0.1) is 16.2 Å². The molecule has 0 radical (unpaired) electrons. The number of alkyl halides is 22. The second kappa shape index (κ2) is 6.36. The standard InChI is InChI=1S/C11F22/c12-4(13)2(8(22,23)24,9(25,26)27)1(6(16,17)18,7(19,20)21)3(5(4,14)15,10(28,29)30)11(31,32)33. The Kier molecular flexibility index (Phi) is 5.69. The van der Waals surface area contributed by atoms with Crippen LogP contribution in [0.25, 0.3) is 0 Å². The maximum absolute atomic E-state index is 14.0. The van der Waals surface area contributed by atoms with Crippen LogP contribution in [0.1, 0.15) is 0 Å². The van der Waals surface area contributed by atoms with Gasteiger partial charge in [0.05, 0.1) is 0 Å². The van der Waals surface area contributed by atoms with Gasteiger partial charge in [0, 0.05) is 0 Å². The van der Waals surface area contributed by atoms with Crippen molar-refractivity contribution >= 4 is 0 Å². The summed E-state index contributed by atoms with van der Waals surface area (Å²) in [5.74, 6) is -18.8. The van der Waals surface area contributed by atoms with Gasteiger partial charge in [0.2, 0.25) is 5.41 Å². The first kappa shape index (κ1) is 29.5. The average Bonchev–Trinajstić information content (AvgIpc) is 2.50. The predicted octanol–water partition coefficient (Wildman–Crippen LogP) is 7.60. The summed E-state index contributed by atoms with van der Waals surface area (Å²) in [6, 6.07) is 0. The molecule has 0 amide bonds. The highest BCUT2D eigenvalue weighted by molar-refractivity contribution is 5.38. The lowest BCUT2D eigenvalue weighted by Gasteiger charge is -2.54. The van der Waals surface area contributed by atoms with Gasteiger partial charge in [0.1, 0.15) is 0 Å². The Labute approximate surface area is 163 Å². The Morgan fingerprint density at radius 3 is 0.455 bits per heavy atom. The van der Waals surface area contributed by atoms with Crippen molar-refractivity contribution in [2.75, 3.05) is 0 Å². The van der Waals surface area contributed by atoms with Gasteiger partial charge in [-0.3, -0.25) is 0 Å². The molecule has 0 aromatic rings. The fraction of sp³-hybridized carbons (Fsp3) is 1.00. The first-order valence-corrected chi connectivity index (χ1v) is 6.91. The molecule has 0 aliphatic heterocycles. The molecule has 0 unspecified atom stereocenters. The maximum atomic E-state index is 14.0. The van der Waals surface area contributed by atoms with E-state index in [1.54, 1.807) is 0 Å². The van der Waals surface area contributed by atoms with Crippen molar-refractivity contribution < 1.29 is 96.6 Å². The van der Waals surface area contributed by atoms with Gasteiger partial charge in [-0.25, -0.2) is 0 Å². The van der Waals surface area contributed by atoms with E-state index in [1.807, 2.05) is 0 Å². The second-order valence-electron chi connectivity index (χ2n) is 6.39. The Morgan fingerprint density at radius 1 is 0.242 bits per heavy atom. The summed E-state index contributed by atoms with van der Waals surface area (Å²) in [5.41, 5.74) is -29.5. The van der Waals surface area contributed by atoms with Gasteiger partial charge < -0.3 is 0 Å². The smallest absolute Gasteiger partial charge is 0.198 e. The minimum absolute atomic E-state index is 9.21. The predicted molar refractivity (Wildman–Crippen MR) is 53.5 cm³/mol. The molecular formula is C11F22. The van der Waals surface area contributed by atoms with Gasteiger partial charge >= 0.3 is 48.9 Å². The molecule has 0 heterocycles. The lowest BCUT2D eigenvalue weighted by atomic mass is 9.52. The average molecular weight is 550 g/mol. The molecule has 0 atom stereocenters. The van der Waals surface area contributed by atoms with Crippen LogP contribution in [0.3, 0.4) is 0 Å². The number of rotatable bonds is 0. The van der Waals surface area contributed by atoms with Crippen LogP contribution in [0.5, 0.6) is 0 Å². The van der Waals surface area contributed by atoms with Crippen molar-refractivity contribution in [3.63, 3.8) is 0 Å². The molecular weight excluding hydrogens is 550 g/mol. The van der Waals surface area contributed by atoms with Crippen LogP contribution >= 0.6 is 0 Å². The zero-order valence-corrected chi connectivity index (χ0v) is 13.8. The molecule has 198 valence electrons. The van der Waals surface area contributed by atoms with E-state index >= 15 is 0 Å². The van der Waals surface area contributed by atoms with E-state index < -0.39 is 65.1 Å². The van der Waals surface area contributed by atoms with Crippen molar-refractivity contribution in [1.29, 1.82) is 0 Å². The highest BCUT2D eigenvalue weighted by Crippen LogP contribution is 2.92. The fourth-order valence-corrected chi connectivity index (χ4v) is 4.12. The maximum Gasteiger partial charge on any atom is 0.410 e. The molecule has 0 spiro atoms. The molecule has 0 N–H and O–H groups in total. The van der Waals surface area contributed by atoms with Crippen LogP contribution in [-0.2, 0) is 0 Å². The van der Waals surface area contributed by atoms with Crippen molar-refractivity contribution in [3.8, 4) is 0 Å². The lowest BCUT2D eigenvalue weighted by Crippen LogP contribution is -2.80. The van der Waals surface area contributed by atoms with E-state index in [-0.39, 0.29) is 0 Å². The van der Waals surface area contributed by atoms with Gasteiger partial charge in [0.25, 0.3) is 10.8 Å². The van der Waals surface area contributed by atoms with Crippen LogP contribution in [0.15, 0.2) is 0 Å². The summed E-state index contributed by atoms with van der Waals surface area (Å²) in [6.07, 6.45) is -55.6. The van der Waals surface area contributed by atoms with Gasteiger partial charge in [-0.05, 0) is 0 Å². The summed E-state index contributed by atoms with van der Waals surface area (Å²) < 4.78 is 294. The van der Waals surface area contributed by atoms with Crippen molar-refractivity contribution in [2.24, 2.45) is 16.2 Å². The van der Waals surface area contributed by atoms with Gasteiger partial charge in [0.15, 0.2) is 0 Å². The zero-order valence-electron chi connectivity index (χ0n) is 13.8. The molecule has 22 heteroatoms. The molecule has 1 fully saturated rings. The zero-order chi connectivity index (χ0) is 27.5.